The van der Waals surface area contributed by atoms with Gasteiger partial charge in [-0.2, -0.15) is 0 Å². The summed E-state index contributed by atoms with van der Waals surface area (Å²) >= 11 is 6.07. The van der Waals surface area contributed by atoms with Gasteiger partial charge in [0, 0.05) is 23.7 Å². The van der Waals surface area contributed by atoms with Crippen LogP contribution in [-0.2, 0) is 0 Å². The molecule has 0 aromatic heterocycles. The predicted octanol–water partition coefficient (Wildman–Crippen LogP) is 2.82. The zero-order chi connectivity index (χ0) is 14.6. The van der Waals surface area contributed by atoms with E-state index in [1.165, 1.54) is 0 Å². The number of likely N-dealkylation sites (N-methyl/N-ethyl adjacent to an activating group) is 1. The molecule has 3 N–H and O–H groups in total. The maximum atomic E-state index is 10.0. The second-order valence-electron chi connectivity index (χ2n) is 5.73. The first kappa shape index (κ1) is 16.4. The molecular weight excluding hydrogens is 260 g/mol. The molecule has 2 unspecified atom stereocenters. The fourth-order valence-electron chi connectivity index (χ4n) is 2.44. The molecule has 0 aliphatic rings. The summed E-state index contributed by atoms with van der Waals surface area (Å²) in [6.07, 6.45) is 0. The number of nitrogens with zero attached hydrogens (tertiary/aromatic N) is 1. The first-order valence-corrected chi connectivity index (χ1v) is 7.10. The molecule has 3 nitrogen and oxygen atoms in total. The maximum Gasteiger partial charge on any atom is 0.0718 e. The molecule has 1 aromatic rings. The summed E-state index contributed by atoms with van der Waals surface area (Å²) in [4.78, 5) is 2.19. The van der Waals surface area contributed by atoms with Gasteiger partial charge in [-0.05, 0) is 45.0 Å². The van der Waals surface area contributed by atoms with Gasteiger partial charge >= 0.3 is 0 Å². The molecule has 0 bridgehead atoms. The van der Waals surface area contributed by atoms with Gasteiger partial charge in [0.25, 0.3) is 0 Å². The van der Waals surface area contributed by atoms with E-state index in [0.717, 1.165) is 12.1 Å². The number of benzene rings is 1. The monoisotopic (exact) mass is 284 g/mol. The Morgan fingerprint density at radius 1 is 1.42 bits per heavy atom. The van der Waals surface area contributed by atoms with Crippen molar-refractivity contribution in [1.29, 1.82) is 0 Å². The van der Waals surface area contributed by atoms with Gasteiger partial charge < -0.3 is 10.8 Å². The first-order chi connectivity index (χ1) is 8.74. The summed E-state index contributed by atoms with van der Waals surface area (Å²) in [7, 11) is 0. The lowest BCUT2D eigenvalue weighted by atomic mass is 9.97. The van der Waals surface area contributed by atoms with Gasteiger partial charge in [0.05, 0.1) is 5.60 Å². The second kappa shape index (κ2) is 6.71. The zero-order valence-electron chi connectivity index (χ0n) is 12.2. The van der Waals surface area contributed by atoms with Crippen LogP contribution in [-0.4, -0.2) is 34.7 Å². The Morgan fingerprint density at radius 2 is 2.05 bits per heavy atom. The highest BCUT2D eigenvalue weighted by molar-refractivity contribution is 6.30. The van der Waals surface area contributed by atoms with Gasteiger partial charge in [0.15, 0.2) is 0 Å². The van der Waals surface area contributed by atoms with E-state index in [1.54, 1.807) is 0 Å². The van der Waals surface area contributed by atoms with Crippen molar-refractivity contribution in [2.45, 2.75) is 45.4 Å². The molecule has 0 saturated heterocycles. The molecule has 0 aliphatic carbocycles. The van der Waals surface area contributed by atoms with Crippen molar-refractivity contribution in [3.8, 4) is 0 Å². The first-order valence-electron chi connectivity index (χ1n) is 6.72. The highest BCUT2D eigenvalue weighted by Crippen LogP contribution is 2.27. The fraction of sp³-hybridized carbons (Fsp3) is 0.600. The quantitative estimate of drug-likeness (QED) is 0.844. The van der Waals surface area contributed by atoms with Crippen molar-refractivity contribution in [3.05, 3.63) is 34.9 Å². The molecular formula is C15H25ClN2O. The lowest BCUT2D eigenvalue weighted by molar-refractivity contribution is 0.0187. The number of rotatable bonds is 6. The van der Waals surface area contributed by atoms with Crippen LogP contribution in [0, 0.1) is 0 Å². The Morgan fingerprint density at radius 3 is 2.47 bits per heavy atom. The maximum absolute atomic E-state index is 10.0. The number of hydrogen-bond acceptors (Lipinski definition) is 3. The molecule has 2 atom stereocenters. The van der Waals surface area contributed by atoms with E-state index in [-0.39, 0.29) is 12.1 Å². The van der Waals surface area contributed by atoms with Crippen molar-refractivity contribution in [2.75, 3.05) is 13.1 Å². The van der Waals surface area contributed by atoms with Crippen LogP contribution < -0.4 is 5.73 Å². The normalized spacial score (nSPS) is 15.6. The van der Waals surface area contributed by atoms with E-state index >= 15 is 0 Å². The van der Waals surface area contributed by atoms with Crippen LogP contribution in [0.5, 0.6) is 0 Å². The molecule has 1 aromatic carbocycles. The average molecular weight is 285 g/mol. The van der Waals surface area contributed by atoms with E-state index in [0.29, 0.717) is 11.6 Å². The lowest BCUT2D eigenvalue weighted by Gasteiger charge is -2.37. The van der Waals surface area contributed by atoms with Crippen LogP contribution >= 0.6 is 11.6 Å². The molecule has 0 spiro atoms. The SMILES string of the molecule is CCN(CC(C)(C)O)C(c1cccc(Cl)c1)C(C)N. The largest absolute Gasteiger partial charge is 0.389 e. The third kappa shape index (κ3) is 5.11. The van der Waals surface area contributed by atoms with E-state index < -0.39 is 5.60 Å². The van der Waals surface area contributed by atoms with Gasteiger partial charge in [-0.3, -0.25) is 4.90 Å². The minimum absolute atomic E-state index is 0.0410. The van der Waals surface area contributed by atoms with Crippen molar-refractivity contribution < 1.29 is 5.11 Å². The summed E-state index contributed by atoms with van der Waals surface area (Å²) in [6, 6.07) is 7.78. The van der Waals surface area contributed by atoms with Crippen LogP contribution in [0.3, 0.4) is 0 Å². The van der Waals surface area contributed by atoms with E-state index in [1.807, 2.05) is 45.0 Å². The van der Waals surface area contributed by atoms with Crippen molar-refractivity contribution in [2.24, 2.45) is 5.73 Å². The van der Waals surface area contributed by atoms with Crippen molar-refractivity contribution >= 4 is 11.6 Å². The van der Waals surface area contributed by atoms with Gasteiger partial charge in [0.1, 0.15) is 0 Å². The summed E-state index contributed by atoms with van der Waals surface area (Å²) in [5, 5.41) is 10.8. The minimum atomic E-state index is -0.748. The van der Waals surface area contributed by atoms with Crippen LogP contribution in [0.2, 0.25) is 5.02 Å². The van der Waals surface area contributed by atoms with E-state index in [2.05, 4.69) is 11.8 Å². The molecule has 0 radical (unpaired) electrons. The van der Waals surface area contributed by atoms with Gasteiger partial charge in [-0.1, -0.05) is 30.7 Å². The molecule has 108 valence electrons. The third-order valence-corrected chi connectivity index (χ3v) is 3.31. The van der Waals surface area contributed by atoms with E-state index in [9.17, 15) is 5.11 Å². The molecule has 19 heavy (non-hydrogen) atoms. The zero-order valence-corrected chi connectivity index (χ0v) is 13.0. The van der Waals surface area contributed by atoms with Crippen molar-refractivity contribution in [3.63, 3.8) is 0 Å². The number of nitrogens with two attached hydrogens (primary N) is 1. The van der Waals surface area contributed by atoms with Crippen molar-refractivity contribution in [1.82, 2.24) is 4.90 Å². The Kier molecular flexibility index (Phi) is 5.81. The number of aliphatic hydroxyl groups is 1. The summed E-state index contributed by atoms with van der Waals surface area (Å²) in [6.45, 7) is 9.08. The van der Waals surface area contributed by atoms with Crippen LogP contribution in [0.1, 0.15) is 39.3 Å². The minimum Gasteiger partial charge on any atom is -0.389 e. The fourth-order valence-corrected chi connectivity index (χ4v) is 2.64. The molecule has 0 heterocycles. The number of hydrogen-bond donors (Lipinski definition) is 2. The Hall–Kier alpha value is -0.610. The highest BCUT2D eigenvalue weighted by Gasteiger charge is 2.27. The Bertz CT molecular complexity index is 401. The smallest absolute Gasteiger partial charge is 0.0718 e. The Labute approximate surface area is 121 Å². The topological polar surface area (TPSA) is 49.5 Å². The second-order valence-corrected chi connectivity index (χ2v) is 6.17. The third-order valence-electron chi connectivity index (χ3n) is 3.08. The molecule has 0 fully saturated rings. The molecule has 0 saturated carbocycles. The summed E-state index contributed by atoms with van der Waals surface area (Å²) in [5.74, 6) is 0. The summed E-state index contributed by atoms with van der Waals surface area (Å²) in [5.41, 5.74) is 6.49. The van der Waals surface area contributed by atoms with Gasteiger partial charge in [0.2, 0.25) is 0 Å². The van der Waals surface area contributed by atoms with Gasteiger partial charge in [-0.15, -0.1) is 0 Å². The molecule has 0 aliphatic heterocycles. The van der Waals surface area contributed by atoms with Crippen LogP contribution in [0.25, 0.3) is 0 Å². The Balaban J connectivity index is 3.05. The average Bonchev–Trinajstić information content (AvgIpc) is 2.26. The summed E-state index contributed by atoms with van der Waals surface area (Å²) < 4.78 is 0. The standard InChI is InChI=1S/C15H25ClN2O/c1-5-18(10-15(3,4)19)14(11(2)17)12-7-6-8-13(16)9-12/h6-9,11,14,19H,5,10,17H2,1-4H3. The van der Waals surface area contributed by atoms with Crippen LogP contribution in [0.15, 0.2) is 24.3 Å². The highest BCUT2D eigenvalue weighted by atomic mass is 35.5. The molecule has 4 heteroatoms. The van der Waals surface area contributed by atoms with E-state index in [4.69, 9.17) is 17.3 Å². The van der Waals surface area contributed by atoms with Crippen LogP contribution in [0.4, 0.5) is 0 Å². The predicted molar refractivity (Wildman–Crippen MR) is 81.4 cm³/mol. The molecule has 0 amide bonds. The number of halogens is 1. The van der Waals surface area contributed by atoms with Gasteiger partial charge in [-0.25, -0.2) is 0 Å². The lowest BCUT2D eigenvalue weighted by Crippen LogP contribution is -2.45. The molecule has 1 rings (SSSR count).